The van der Waals surface area contributed by atoms with Crippen LogP contribution in [0.1, 0.15) is 0 Å². The second-order valence-electron chi connectivity index (χ2n) is 10.9. The average Bonchev–Trinajstić information content (AvgIpc) is 3.43. The Labute approximate surface area is 246 Å². The second kappa shape index (κ2) is 9.33. The van der Waals surface area contributed by atoms with Gasteiger partial charge < -0.3 is 4.42 Å². The van der Waals surface area contributed by atoms with Gasteiger partial charge in [-0.1, -0.05) is 103 Å². The molecule has 0 N–H and O–H groups in total. The van der Waals surface area contributed by atoms with Crippen molar-refractivity contribution in [3.8, 4) is 34.2 Å². The first-order chi connectivity index (χ1) is 21.3. The lowest BCUT2D eigenvalue weighted by Gasteiger charge is -2.10. The van der Waals surface area contributed by atoms with Crippen LogP contribution in [0.4, 0.5) is 0 Å². The Hall–Kier alpha value is -5.87. The maximum atomic E-state index is 6.26. The lowest BCUT2D eigenvalue weighted by molar-refractivity contribution is 0.669. The molecule has 0 bridgehead atoms. The Bertz CT molecular complexity index is 2510. The van der Waals surface area contributed by atoms with Gasteiger partial charge in [0.25, 0.3) is 0 Å². The largest absolute Gasteiger partial charge is 0.456 e. The van der Waals surface area contributed by atoms with Gasteiger partial charge in [0.2, 0.25) is 0 Å². The van der Waals surface area contributed by atoms with Gasteiger partial charge in [-0.25, -0.2) is 15.0 Å². The molecule has 2 heterocycles. The molecular weight excluding hydrogens is 526 g/mol. The van der Waals surface area contributed by atoms with E-state index in [1.807, 2.05) is 42.5 Å². The van der Waals surface area contributed by atoms with Crippen LogP contribution in [0.2, 0.25) is 0 Å². The van der Waals surface area contributed by atoms with Gasteiger partial charge in [-0.15, -0.1) is 0 Å². The van der Waals surface area contributed by atoms with Crippen LogP contribution in [-0.2, 0) is 0 Å². The van der Waals surface area contributed by atoms with E-state index in [1.165, 1.54) is 21.5 Å². The van der Waals surface area contributed by atoms with Crippen LogP contribution in [0.25, 0.3) is 88.4 Å². The predicted molar refractivity (Wildman–Crippen MR) is 176 cm³/mol. The molecule has 0 atom stereocenters. The van der Waals surface area contributed by atoms with E-state index in [0.29, 0.717) is 17.5 Å². The Balaban J connectivity index is 1.24. The zero-order chi connectivity index (χ0) is 28.3. The number of rotatable bonds is 3. The average molecular weight is 550 g/mol. The normalized spacial score (nSPS) is 11.7. The molecule has 0 unspecified atom stereocenters. The third-order valence-electron chi connectivity index (χ3n) is 8.27. The minimum atomic E-state index is 0.625. The number of furan rings is 1. The molecule has 4 nitrogen and oxygen atoms in total. The van der Waals surface area contributed by atoms with Gasteiger partial charge in [0.1, 0.15) is 11.2 Å². The van der Waals surface area contributed by atoms with Crippen molar-refractivity contribution in [3.63, 3.8) is 0 Å². The molecule has 0 aliphatic rings. The van der Waals surface area contributed by atoms with E-state index in [4.69, 9.17) is 19.4 Å². The minimum Gasteiger partial charge on any atom is -0.456 e. The molecule has 0 aliphatic heterocycles. The standard InChI is InChI=1S/C39H23N3O/c1-2-9-25(10-3-1)37-40-38(29-16-18-32-28(20-29)15-14-24-8-6-7-13-31(24)32)42-39(41-37)30-17-19-35-33(22-30)34-21-26-11-4-5-12-27(26)23-36(34)43-35/h1-23H. The van der Waals surface area contributed by atoms with Crippen molar-refractivity contribution in [2.24, 2.45) is 0 Å². The van der Waals surface area contributed by atoms with E-state index in [1.54, 1.807) is 0 Å². The van der Waals surface area contributed by atoms with Gasteiger partial charge in [-0.05, 0) is 68.7 Å². The van der Waals surface area contributed by atoms with Crippen LogP contribution in [0.5, 0.6) is 0 Å². The van der Waals surface area contributed by atoms with Crippen LogP contribution in [-0.4, -0.2) is 15.0 Å². The molecular formula is C39H23N3O. The van der Waals surface area contributed by atoms with E-state index in [0.717, 1.165) is 49.4 Å². The van der Waals surface area contributed by atoms with Crippen molar-refractivity contribution in [2.75, 3.05) is 0 Å². The van der Waals surface area contributed by atoms with Crippen molar-refractivity contribution in [1.29, 1.82) is 0 Å². The van der Waals surface area contributed by atoms with E-state index < -0.39 is 0 Å². The third-order valence-corrected chi connectivity index (χ3v) is 8.27. The number of fused-ring (bicyclic) bond motifs is 7. The Morgan fingerprint density at radius 3 is 1.72 bits per heavy atom. The topological polar surface area (TPSA) is 51.8 Å². The fourth-order valence-electron chi connectivity index (χ4n) is 6.10. The molecule has 0 saturated carbocycles. The third kappa shape index (κ3) is 3.96. The minimum absolute atomic E-state index is 0.625. The van der Waals surface area contributed by atoms with Gasteiger partial charge >= 0.3 is 0 Å². The highest BCUT2D eigenvalue weighted by molar-refractivity contribution is 6.11. The maximum absolute atomic E-state index is 6.26. The first-order valence-corrected chi connectivity index (χ1v) is 14.4. The monoisotopic (exact) mass is 549 g/mol. The summed E-state index contributed by atoms with van der Waals surface area (Å²) in [7, 11) is 0. The van der Waals surface area contributed by atoms with Crippen molar-refractivity contribution in [2.45, 2.75) is 0 Å². The summed E-state index contributed by atoms with van der Waals surface area (Å²) >= 11 is 0. The maximum Gasteiger partial charge on any atom is 0.164 e. The highest BCUT2D eigenvalue weighted by atomic mass is 16.3. The van der Waals surface area contributed by atoms with Crippen molar-refractivity contribution < 1.29 is 4.42 Å². The Morgan fingerprint density at radius 1 is 0.326 bits per heavy atom. The highest BCUT2D eigenvalue weighted by Gasteiger charge is 2.15. The van der Waals surface area contributed by atoms with Crippen molar-refractivity contribution in [1.82, 2.24) is 15.0 Å². The summed E-state index contributed by atoms with van der Waals surface area (Å²) < 4.78 is 6.26. The zero-order valence-electron chi connectivity index (χ0n) is 23.0. The van der Waals surface area contributed by atoms with Gasteiger partial charge in [-0.3, -0.25) is 0 Å². The van der Waals surface area contributed by atoms with Crippen molar-refractivity contribution in [3.05, 3.63) is 140 Å². The van der Waals surface area contributed by atoms with Crippen LogP contribution >= 0.6 is 0 Å². The van der Waals surface area contributed by atoms with E-state index in [-0.39, 0.29) is 0 Å². The lowest BCUT2D eigenvalue weighted by Crippen LogP contribution is -2.00. The molecule has 0 fully saturated rings. The highest BCUT2D eigenvalue weighted by Crippen LogP contribution is 2.35. The number of hydrogen-bond acceptors (Lipinski definition) is 4. The summed E-state index contributed by atoms with van der Waals surface area (Å²) in [5.74, 6) is 1.91. The molecule has 0 aliphatic carbocycles. The van der Waals surface area contributed by atoms with E-state index in [9.17, 15) is 0 Å². The summed E-state index contributed by atoms with van der Waals surface area (Å²) in [5.41, 5.74) is 4.52. The molecule has 9 aromatic rings. The molecule has 43 heavy (non-hydrogen) atoms. The predicted octanol–water partition coefficient (Wildman–Crippen LogP) is 10.2. The molecule has 7 aromatic carbocycles. The van der Waals surface area contributed by atoms with Crippen LogP contribution in [0, 0.1) is 0 Å². The molecule has 4 heteroatoms. The fraction of sp³-hybridized carbons (Fsp3) is 0. The second-order valence-corrected chi connectivity index (χ2v) is 10.9. The first-order valence-electron chi connectivity index (χ1n) is 14.4. The molecule has 0 saturated heterocycles. The zero-order valence-corrected chi connectivity index (χ0v) is 23.0. The SMILES string of the molecule is c1ccc(-c2nc(-c3ccc4c(ccc5ccccc54)c3)nc(-c3ccc4oc5cc6ccccc6cc5c4c3)n2)cc1. The summed E-state index contributed by atoms with van der Waals surface area (Å²) in [6.07, 6.45) is 0. The molecule has 0 radical (unpaired) electrons. The molecule has 200 valence electrons. The van der Waals surface area contributed by atoms with Gasteiger partial charge in [0.05, 0.1) is 0 Å². The Morgan fingerprint density at radius 2 is 0.907 bits per heavy atom. The van der Waals surface area contributed by atoms with E-state index in [2.05, 4.69) is 97.1 Å². The van der Waals surface area contributed by atoms with Gasteiger partial charge in [0, 0.05) is 27.5 Å². The summed E-state index contributed by atoms with van der Waals surface area (Å²) in [6, 6.07) is 48.2. The number of benzene rings is 7. The van der Waals surface area contributed by atoms with Gasteiger partial charge in [-0.2, -0.15) is 0 Å². The molecule has 0 spiro atoms. The Kier molecular flexibility index (Phi) is 5.16. The smallest absolute Gasteiger partial charge is 0.164 e. The summed E-state index contributed by atoms with van der Waals surface area (Å²) in [4.78, 5) is 15.0. The van der Waals surface area contributed by atoms with Crippen LogP contribution in [0.15, 0.2) is 144 Å². The van der Waals surface area contributed by atoms with Crippen LogP contribution in [0.3, 0.4) is 0 Å². The quantitative estimate of drug-likeness (QED) is 0.206. The van der Waals surface area contributed by atoms with Gasteiger partial charge in [0.15, 0.2) is 17.5 Å². The summed E-state index contributed by atoms with van der Waals surface area (Å²) in [6.45, 7) is 0. The van der Waals surface area contributed by atoms with E-state index >= 15 is 0 Å². The molecule has 2 aromatic heterocycles. The number of hydrogen-bond donors (Lipinski definition) is 0. The van der Waals surface area contributed by atoms with Crippen molar-refractivity contribution >= 4 is 54.3 Å². The molecule has 9 rings (SSSR count). The fourth-order valence-corrected chi connectivity index (χ4v) is 6.10. The molecule has 0 amide bonds. The number of nitrogens with zero attached hydrogens (tertiary/aromatic N) is 3. The number of aromatic nitrogens is 3. The van der Waals surface area contributed by atoms with Crippen LogP contribution < -0.4 is 0 Å². The summed E-state index contributed by atoms with van der Waals surface area (Å²) in [5, 5.41) is 9.29. The lowest BCUT2D eigenvalue weighted by atomic mass is 10.00. The first kappa shape index (κ1) is 23.8.